The highest BCUT2D eigenvalue weighted by molar-refractivity contribution is 7.89. The molecule has 184 valence electrons. The minimum absolute atomic E-state index is 0.0320. The number of benzene rings is 2. The normalized spacial score (nSPS) is 21.2. The van der Waals surface area contributed by atoms with Crippen LogP contribution in [0.2, 0.25) is 0 Å². The van der Waals surface area contributed by atoms with Crippen molar-refractivity contribution in [2.75, 3.05) is 39.8 Å². The van der Waals surface area contributed by atoms with E-state index in [1.165, 1.54) is 0 Å². The first kappa shape index (κ1) is 24.8. The van der Waals surface area contributed by atoms with Gasteiger partial charge in [-0.05, 0) is 55.3 Å². The Morgan fingerprint density at radius 1 is 1.03 bits per heavy atom. The molecule has 0 saturated carbocycles. The maximum absolute atomic E-state index is 12.9. The summed E-state index contributed by atoms with van der Waals surface area (Å²) in [5, 5.41) is 6.14. The quantitative estimate of drug-likeness (QED) is 0.512. The van der Waals surface area contributed by atoms with Crippen molar-refractivity contribution in [2.24, 2.45) is 5.73 Å². The predicted octanol–water partition coefficient (Wildman–Crippen LogP) is 1.38. The molecule has 0 aromatic heterocycles. The summed E-state index contributed by atoms with van der Waals surface area (Å²) in [5.74, 6) is -0.0320. The molecule has 9 heteroatoms. The lowest BCUT2D eigenvalue weighted by atomic mass is 10.0. The van der Waals surface area contributed by atoms with Gasteiger partial charge in [0.15, 0.2) is 0 Å². The van der Waals surface area contributed by atoms with Crippen LogP contribution < -0.4 is 16.4 Å². The third kappa shape index (κ3) is 6.03. The molecular weight excluding hydrogens is 450 g/mol. The summed E-state index contributed by atoms with van der Waals surface area (Å²) >= 11 is 0. The zero-order chi connectivity index (χ0) is 24.1. The Morgan fingerprint density at radius 3 is 2.24 bits per heavy atom. The minimum atomic E-state index is -3.47. The first-order chi connectivity index (χ1) is 16.3. The summed E-state index contributed by atoms with van der Waals surface area (Å²) in [6.07, 6.45) is 3.12. The molecule has 2 aliphatic rings. The van der Waals surface area contributed by atoms with Crippen molar-refractivity contribution >= 4 is 15.9 Å². The third-order valence-corrected chi connectivity index (χ3v) is 8.56. The van der Waals surface area contributed by atoms with Gasteiger partial charge in [-0.15, -0.1) is 0 Å². The van der Waals surface area contributed by atoms with Gasteiger partial charge in [0.25, 0.3) is 0 Å². The smallest absolute Gasteiger partial charge is 0.243 e. The van der Waals surface area contributed by atoms with E-state index >= 15 is 0 Å². The second-order valence-electron chi connectivity index (χ2n) is 9.25. The fourth-order valence-corrected chi connectivity index (χ4v) is 5.92. The lowest BCUT2D eigenvalue weighted by Crippen LogP contribution is -2.52. The zero-order valence-electron chi connectivity index (χ0n) is 19.7. The monoisotopic (exact) mass is 485 g/mol. The van der Waals surface area contributed by atoms with E-state index in [0.717, 1.165) is 55.6 Å². The minimum Gasteiger partial charge on any atom is -0.339 e. The fourth-order valence-electron chi connectivity index (χ4n) is 4.49. The van der Waals surface area contributed by atoms with Crippen LogP contribution in [0.5, 0.6) is 0 Å². The number of rotatable bonds is 7. The van der Waals surface area contributed by atoms with Gasteiger partial charge in [-0.3, -0.25) is 4.79 Å². The predicted molar refractivity (Wildman–Crippen MR) is 134 cm³/mol. The largest absolute Gasteiger partial charge is 0.339 e. The SMILES string of the molecule is CN1CCN(S(=O)(=O)c2ccc(-c3ccc(C[C@@H](N)NC(=O)[C@@H]4CCCCN4)cc3)cc2)CC1. The maximum atomic E-state index is 12.9. The topological polar surface area (TPSA) is 108 Å². The van der Waals surface area contributed by atoms with Crippen LogP contribution in [-0.2, 0) is 21.2 Å². The van der Waals surface area contributed by atoms with E-state index in [9.17, 15) is 13.2 Å². The molecule has 4 N–H and O–H groups in total. The van der Waals surface area contributed by atoms with Gasteiger partial charge in [-0.25, -0.2) is 8.42 Å². The lowest BCUT2D eigenvalue weighted by Gasteiger charge is -2.31. The van der Waals surface area contributed by atoms with Gasteiger partial charge in [0.1, 0.15) is 0 Å². The van der Waals surface area contributed by atoms with Gasteiger partial charge in [-0.2, -0.15) is 4.31 Å². The number of hydrogen-bond acceptors (Lipinski definition) is 6. The fraction of sp³-hybridized carbons (Fsp3) is 0.480. The Hall–Kier alpha value is -2.30. The van der Waals surface area contributed by atoms with Crippen molar-refractivity contribution in [3.63, 3.8) is 0 Å². The molecule has 0 aliphatic carbocycles. The third-order valence-electron chi connectivity index (χ3n) is 6.65. The first-order valence-corrected chi connectivity index (χ1v) is 13.4. The van der Waals surface area contributed by atoms with Crippen LogP contribution in [0.3, 0.4) is 0 Å². The van der Waals surface area contributed by atoms with Crippen LogP contribution in [0.1, 0.15) is 24.8 Å². The second-order valence-corrected chi connectivity index (χ2v) is 11.2. The van der Waals surface area contributed by atoms with Gasteiger partial charge in [-0.1, -0.05) is 42.8 Å². The molecule has 2 aliphatic heterocycles. The molecule has 0 spiro atoms. The van der Waals surface area contributed by atoms with Gasteiger partial charge in [0.2, 0.25) is 15.9 Å². The van der Waals surface area contributed by atoms with Crippen molar-refractivity contribution in [3.8, 4) is 11.1 Å². The number of piperazine rings is 1. The van der Waals surface area contributed by atoms with Crippen molar-refractivity contribution in [1.82, 2.24) is 19.8 Å². The summed E-state index contributed by atoms with van der Waals surface area (Å²) in [7, 11) is -1.47. The first-order valence-electron chi connectivity index (χ1n) is 12.0. The Balaban J connectivity index is 1.34. The number of piperidine rings is 1. The average Bonchev–Trinajstić information content (AvgIpc) is 2.85. The molecule has 2 heterocycles. The Kier molecular flexibility index (Phi) is 8.00. The number of nitrogens with zero attached hydrogens (tertiary/aromatic N) is 2. The van der Waals surface area contributed by atoms with E-state index in [1.54, 1.807) is 16.4 Å². The number of nitrogens with two attached hydrogens (primary N) is 1. The average molecular weight is 486 g/mol. The summed E-state index contributed by atoms with van der Waals surface area (Å²) in [6, 6.07) is 14.9. The van der Waals surface area contributed by atoms with E-state index in [1.807, 2.05) is 43.4 Å². The van der Waals surface area contributed by atoms with Crippen molar-refractivity contribution < 1.29 is 13.2 Å². The van der Waals surface area contributed by atoms with E-state index in [2.05, 4.69) is 15.5 Å². The molecular formula is C25H35N5O3S. The number of nitrogens with one attached hydrogen (secondary N) is 2. The number of carbonyl (C=O) groups excluding carboxylic acids is 1. The van der Waals surface area contributed by atoms with Gasteiger partial charge >= 0.3 is 0 Å². The highest BCUT2D eigenvalue weighted by Crippen LogP contribution is 2.24. The van der Waals surface area contributed by atoms with E-state index in [-0.39, 0.29) is 11.9 Å². The molecule has 2 fully saturated rings. The number of likely N-dealkylation sites (N-methyl/N-ethyl adjacent to an activating group) is 1. The standard InChI is InChI=1S/C25H35N5O3S/c1-29-14-16-30(17-15-29)34(32,33)22-11-9-21(10-12-22)20-7-5-19(6-8-20)18-24(26)28-25(31)23-4-2-3-13-27-23/h5-12,23-24,27H,2-4,13-18,26H2,1H3,(H,28,31)/t23-,24-/m0/s1. The van der Waals surface area contributed by atoms with Crippen LogP contribution >= 0.6 is 0 Å². The Bertz CT molecular complexity index is 1060. The molecule has 2 saturated heterocycles. The Morgan fingerprint density at radius 2 is 1.65 bits per heavy atom. The molecule has 34 heavy (non-hydrogen) atoms. The molecule has 2 aromatic carbocycles. The van der Waals surface area contributed by atoms with Crippen LogP contribution in [-0.4, -0.2) is 75.5 Å². The highest BCUT2D eigenvalue weighted by Gasteiger charge is 2.27. The summed E-state index contributed by atoms with van der Waals surface area (Å²) in [6.45, 7) is 3.39. The second kappa shape index (κ2) is 11.0. The summed E-state index contributed by atoms with van der Waals surface area (Å²) in [4.78, 5) is 14.8. The van der Waals surface area contributed by atoms with Crippen molar-refractivity contribution in [1.29, 1.82) is 0 Å². The summed E-state index contributed by atoms with van der Waals surface area (Å²) in [5.41, 5.74) is 9.14. The van der Waals surface area contributed by atoms with Gasteiger partial charge < -0.3 is 21.3 Å². The van der Waals surface area contributed by atoms with E-state index in [4.69, 9.17) is 5.73 Å². The molecule has 4 rings (SSSR count). The van der Waals surface area contributed by atoms with Gasteiger partial charge in [0, 0.05) is 32.6 Å². The van der Waals surface area contributed by atoms with Crippen LogP contribution in [0.4, 0.5) is 0 Å². The number of amides is 1. The molecule has 0 radical (unpaired) electrons. The number of hydrogen-bond donors (Lipinski definition) is 3. The van der Waals surface area contributed by atoms with Gasteiger partial charge in [0.05, 0.1) is 17.1 Å². The molecule has 0 bridgehead atoms. The van der Waals surface area contributed by atoms with Crippen molar-refractivity contribution in [2.45, 2.75) is 42.8 Å². The highest BCUT2D eigenvalue weighted by atomic mass is 32.2. The van der Waals surface area contributed by atoms with E-state index in [0.29, 0.717) is 24.4 Å². The zero-order valence-corrected chi connectivity index (χ0v) is 20.6. The summed E-state index contributed by atoms with van der Waals surface area (Å²) < 4.78 is 27.4. The molecule has 2 aromatic rings. The van der Waals surface area contributed by atoms with Crippen molar-refractivity contribution in [3.05, 3.63) is 54.1 Å². The number of sulfonamides is 1. The lowest BCUT2D eigenvalue weighted by molar-refractivity contribution is -0.124. The maximum Gasteiger partial charge on any atom is 0.243 e. The molecule has 2 atom stereocenters. The van der Waals surface area contributed by atoms with Crippen LogP contribution in [0.25, 0.3) is 11.1 Å². The molecule has 8 nitrogen and oxygen atoms in total. The van der Waals surface area contributed by atoms with Crippen LogP contribution in [0.15, 0.2) is 53.4 Å². The molecule has 1 amide bonds. The van der Waals surface area contributed by atoms with E-state index < -0.39 is 16.2 Å². The Labute approximate surface area is 202 Å². The van der Waals surface area contributed by atoms with Crippen LogP contribution in [0, 0.1) is 0 Å². The number of carbonyl (C=O) groups is 1. The molecule has 0 unspecified atom stereocenters.